The highest BCUT2D eigenvalue weighted by Crippen LogP contribution is 2.24. The first kappa shape index (κ1) is 29.4. The smallest absolute Gasteiger partial charge is 0.243 e. The standard InChI is InChI=1S/C33H41ClN2O2/c1-6-24(2)35-32(38)30(22-26-12-8-7-9-13-26)36(23-27-14-10-11-15-29(27)34)31(37)21-18-25-16-19-28(20-17-25)33(3,4)5/h7-17,19-20,24,30H,6,18,21-23H2,1-5H3,(H,35,38)/t24-,30-/m0/s1. The maximum absolute atomic E-state index is 13.9. The normalized spacial score (nSPS) is 13.0. The molecule has 0 aliphatic heterocycles. The number of benzene rings is 3. The summed E-state index contributed by atoms with van der Waals surface area (Å²) in [5.74, 6) is -0.205. The monoisotopic (exact) mass is 532 g/mol. The van der Waals surface area contributed by atoms with Crippen LogP contribution >= 0.6 is 11.6 Å². The van der Waals surface area contributed by atoms with Gasteiger partial charge < -0.3 is 10.2 Å². The van der Waals surface area contributed by atoms with E-state index in [1.54, 1.807) is 4.90 Å². The minimum atomic E-state index is -0.654. The highest BCUT2D eigenvalue weighted by atomic mass is 35.5. The molecule has 3 aromatic rings. The van der Waals surface area contributed by atoms with Gasteiger partial charge in [-0.25, -0.2) is 0 Å². The van der Waals surface area contributed by atoms with E-state index in [-0.39, 0.29) is 29.8 Å². The Morgan fingerprint density at radius 1 is 0.895 bits per heavy atom. The molecule has 0 aromatic heterocycles. The Kier molecular flexibility index (Phi) is 10.6. The summed E-state index contributed by atoms with van der Waals surface area (Å²) in [6, 6.07) is 25.2. The average molecular weight is 533 g/mol. The number of hydrogen-bond donors (Lipinski definition) is 1. The molecule has 2 atom stereocenters. The van der Waals surface area contributed by atoms with Crippen molar-refractivity contribution in [3.05, 3.63) is 106 Å². The molecular weight excluding hydrogens is 492 g/mol. The lowest BCUT2D eigenvalue weighted by atomic mass is 9.86. The number of carbonyl (C=O) groups excluding carboxylic acids is 2. The van der Waals surface area contributed by atoms with Gasteiger partial charge in [0.15, 0.2) is 0 Å². The van der Waals surface area contributed by atoms with Gasteiger partial charge in [-0.2, -0.15) is 0 Å². The lowest BCUT2D eigenvalue weighted by molar-refractivity contribution is -0.141. The van der Waals surface area contributed by atoms with E-state index in [1.807, 2.05) is 68.4 Å². The molecule has 0 radical (unpaired) electrons. The summed E-state index contributed by atoms with van der Waals surface area (Å²) in [5.41, 5.74) is 4.27. The van der Waals surface area contributed by atoms with E-state index in [0.717, 1.165) is 23.1 Å². The van der Waals surface area contributed by atoms with Crippen LogP contribution in [0.5, 0.6) is 0 Å². The molecule has 0 aliphatic carbocycles. The van der Waals surface area contributed by atoms with Crippen molar-refractivity contribution in [2.75, 3.05) is 0 Å². The van der Waals surface area contributed by atoms with Gasteiger partial charge in [0.2, 0.25) is 11.8 Å². The Bertz CT molecular complexity index is 1190. The van der Waals surface area contributed by atoms with Crippen LogP contribution in [-0.2, 0) is 34.4 Å². The molecule has 1 N–H and O–H groups in total. The summed E-state index contributed by atoms with van der Waals surface area (Å²) in [6.07, 6.45) is 2.15. The molecule has 3 aromatic carbocycles. The zero-order valence-electron chi connectivity index (χ0n) is 23.3. The molecule has 0 aliphatic rings. The quantitative estimate of drug-likeness (QED) is 0.285. The second kappa shape index (κ2) is 13.6. The molecule has 0 spiro atoms. The van der Waals surface area contributed by atoms with Crippen molar-refractivity contribution in [2.24, 2.45) is 0 Å². The topological polar surface area (TPSA) is 49.4 Å². The zero-order valence-corrected chi connectivity index (χ0v) is 24.1. The third kappa shape index (κ3) is 8.46. The van der Waals surface area contributed by atoms with Crippen LogP contribution in [0.2, 0.25) is 5.02 Å². The van der Waals surface area contributed by atoms with Crippen LogP contribution in [0.25, 0.3) is 0 Å². The highest BCUT2D eigenvalue weighted by Gasteiger charge is 2.31. The molecule has 202 valence electrons. The van der Waals surface area contributed by atoms with Gasteiger partial charge in [0.25, 0.3) is 0 Å². The number of carbonyl (C=O) groups is 2. The molecule has 0 saturated carbocycles. The number of amides is 2. The van der Waals surface area contributed by atoms with Crippen LogP contribution in [0, 0.1) is 0 Å². The van der Waals surface area contributed by atoms with Gasteiger partial charge in [-0.05, 0) is 53.5 Å². The number of hydrogen-bond acceptors (Lipinski definition) is 2. The average Bonchev–Trinajstić information content (AvgIpc) is 2.90. The first-order chi connectivity index (χ1) is 18.1. The number of aryl methyl sites for hydroxylation is 1. The predicted octanol–water partition coefficient (Wildman–Crippen LogP) is 7.12. The van der Waals surface area contributed by atoms with Crippen molar-refractivity contribution in [3.8, 4) is 0 Å². The van der Waals surface area contributed by atoms with Crippen LogP contribution in [-0.4, -0.2) is 28.8 Å². The van der Waals surface area contributed by atoms with Crippen LogP contribution in [0.1, 0.15) is 69.7 Å². The fourth-order valence-corrected chi connectivity index (χ4v) is 4.57. The minimum absolute atomic E-state index is 0.0133. The first-order valence-electron chi connectivity index (χ1n) is 13.5. The summed E-state index contributed by atoms with van der Waals surface area (Å²) in [6.45, 7) is 10.9. The molecule has 38 heavy (non-hydrogen) atoms. The Hall–Kier alpha value is -3.11. The van der Waals surface area contributed by atoms with Gasteiger partial charge >= 0.3 is 0 Å². The largest absolute Gasteiger partial charge is 0.352 e. The molecular formula is C33H41ClN2O2. The summed E-state index contributed by atoms with van der Waals surface area (Å²) >= 11 is 6.51. The van der Waals surface area contributed by atoms with E-state index in [2.05, 4.69) is 50.4 Å². The molecule has 3 rings (SSSR count). The van der Waals surface area contributed by atoms with Crippen LogP contribution in [0.4, 0.5) is 0 Å². The third-order valence-corrected chi connectivity index (χ3v) is 7.39. The summed E-state index contributed by atoms with van der Waals surface area (Å²) in [4.78, 5) is 29.2. The number of nitrogens with one attached hydrogen (secondary N) is 1. The van der Waals surface area contributed by atoms with Crippen LogP contribution in [0.3, 0.4) is 0 Å². The zero-order chi connectivity index (χ0) is 27.7. The summed E-state index contributed by atoms with van der Waals surface area (Å²) in [7, 11) is 0. The molecule has 0 fully saturated rings. The number of halogens is 1. The van der Waals surface area contributed by atoms with Gasteiger partial charge in [-0.1, -0.05) is 112 Å². The van der Waals surface area contributed by atoms with E-state index in [0.29, 0.717) is 24.3 Å². The number of rotatable bonds is 11. The maximum atomic E-state index is 13.9. The molecule has 0 heterocycles. The Morgan fingerprint density at radius 2 is 1.53 bits per heavy atom. The van der Waals surface area contributed by atoms with Gasteiger partial charge in [0.05, 0.1) is 0 Å². The Balaban J connectivity index is 1.90. The van der Waals surface area contributed by atoms with Crippen molar-refractivity contribution in [3.63, 3.8) is 0 Å². The lowest BCUT2D eigenvalue weighted by Crippen LogP contribution is -2.52. The van der Waals surface area contributed by atoms with Gasteiger partial charge in [0, 0.05) is 30.5 Å². The van der Waals surface area contributed by atoms with Crippen LogP contribution in [0.15, 0.2) is 78.9 Å². The molecule has 0 bridgehead atoms. The van der Waals surface area contributed by atoms with Gasteiger partial charge in [0.1, 0.15) is 6.04 Å². The summed E-state index contributed by atoms with van der Waals surface area (Å²) < 4.78 is 0. The van der Waals surface area contributed by atoms with Crippen molar-refractivity contribution < 1.29 is 9.59 Å². The fourth-order valence-electron chi connectivity index (χ4n) is 4.37. The van der Waals surface area contributed by atoms with E-state index in [4.69, 9.17) is 11.6 Å². The number of nitrogens with zero attached hydrogens (tertiary/aromatic N) is 1. The van der Waals surface area contributed by atoms with E-state index >= 15 is 0 Å². The molecule has 0 saturated heterocycles. The van der Waals surface area contributed by atoms with Gasteiger partial charge in [-0.3, -0.25) is 9.59 Å². The van der Waals surface area contributed by atoms with E-state index in [9.17, 15) is 9.59 Å². The molecule has 4 nitrogen and oxygen atoms in total. The van der Waals surface area contributed by atoms with Crippen molar-refractivity contribution >= 4 is 23.4 Å². The molecule has 0 unspecified atom stereocenters. The molecule has 2 amide bonds. The molecule has 5 heteroatoms. The lowest BCUT2D eigenvalue weighted by Gasteiger charge is -2.32. The van der Waals surface area contributed by atoms with Crippen molar-refractivity contribution in [2.45, 2.75) is 84.3 Å². The highest BCUT2D eigenvalue weighted by molar-refractivity contribution is 6.31. The maximum Gasteiger partial charge on any atom is 0.243 e. The van der Waals surface area contributed by atoms with Crippen LogP contribution < -0.4 is 5.32 Å². The predicted molar refractivity (Wildman–Crippen MR) is 157 cm³/mol. The Morgan fingerprint density at radius 3 is 2.13 bits per heavy atom. The van der Waals surface area contributed by atoms with E-state index < -0.39 is 6.04 Å². The minimum Gasteiger partial charge on any atom is -0.352 e. The van der Waals surface area contributed by atoms with Crippen molar-refractivity contribution in [1.29, 1.82) is 0 Å². The fraction of sp³-hybridized carbons (Fsp3) is 0.394. The van der Waals surface area contributed by atoms with Gasteiger partial charge in [-0.15, -0.1) is 0 Å². The first-order valence-corrected chi connectivity index (χ1v) is 13.9. The second-order valence-corrected chi connectivity index (χ2v) is 11.5. The SMILES string of the molecule is CC[C@H](C)NC(=O)[C@H](Cc1ccccc1)N(Cc1ccccc1Cl)C(=O)CCc1ccc(C(C)(C)C)cc1. The summed E-state index contributed by atoms with van der Waals surface area (Å²) in [5, 5.41) is 3.70. The van der Waals surface area contributed by atoms with E-state index in [1.165, 1.54) is 5.56 Å². The van der Waals surface area contributed by atoms with Crippen molar-refractivity contribution in [1.82, 2.24) is 10.2 Å². The second-order valence-electron chi connectivity index (χ2n) is 11.1. The Labute approximate surface area is 233 Å². The third-order valence-electron chi connectivity index (χ3n) is 7.02.